The van der Waals surface area contributed by atoms with Crippen molar-refractivity contribution in [1.82, 2.24) is 0 Å². The van der Waals surface area contributed by atoms with Crippen molar-refractivity contribution in [1.29, 1.82) is 0 Å². The second-order valence-corrected chi connectivity index (χ2v) is 8.03. The number of hydrogen-bond acceptors (Lipinski definition) is 4. The van der Waals surface area contributed by atoms with Gasteiger partial charge in [-0.3, -0.25) is 9.79 Å². The van der Waals surface area contributed by atoms with Crippen LogP contribution < -0.4 is 0 Å². The van der Waals surface area contributed by atoms with Gasteiger partial charge in [0.1, 0.15) is 12.4 Å². The Morgan fingerprint density at radius 1 is 1.00 bits per heavy atom. The molecule has 2 aromatic carbocycles. The Kier molecular flexibility index (Phi) is 5.93. The van der Waals surface area contributed by atoms with Gasteiger partial charge in [-0.15, -0.1) is 0 Å². The Bertz CT molecular complexity index is 1000. The van der Waals surface area contributed by atoms with E-state index in [1.165, 1.54) is 5.56 Å². The van der Waals surface area contributed by atoms with Crippen LogP contribution in [0.1, 0.15) is 55.7 Å². The number of aryl methyl sites for hydroxylation is 1. The number of allylic oxidation sites excluding steroid dienone is 1. The highest BCUT2D eigenvalue weighted by atomic mass is 16.5. The Morgan fingerprint density at radius 3 is 2.43 bits per heavy atom. The summed E-state index contributed by atoms with van der Waals surface area (Å²) < 4.78 is 5.67. The third-order valence-electron chi connectivity index (χ3n) is 6.09. The van der Waals surface area contributed by atoms with Gasteiger partial charge in [-0.25, -0.2) is 4.79 Å². The number of hydrogen-bond donors (Lipinski definition) is 0. The van der Waals surface area contributed by atoms with Crippen LogP contribution in [-0.2, 0) is 27.4 Å². The minimum atomic E-state index is -0.387. The number of carbonyl (C=O) groups excluding carboxylic acids is 2. The smallest absolute Gasteiger partial charge is 0.336 e. The average molecular weight is 402 g/mol. The molecule has 1 heterocycles. The first-order chi connectivity index (χ1) is 14.6. The third-order valence-corrected chi connectivity index (χ3v) is 6.09. The van der Waals surface area contributed by atoms with Crippen LogP contribution in [0.25, 0.3) is 0 Å². The molecule has 154 valence electrons. The second kappa shape index (κ2) is 8.78. The topological polar surface area (TPSA) is 55.7 Å². The Balaban J connectivity index is 1.70. The van der Waals surface area contributed by atoms with E-state index in [4.69, 9.17) is 9.73 Å². The lowest BCUT2D eigenvalue weighted by atomic mass is 9.69. The number of ketones is 1. The summed E-state index contributed by atoms with van der Waals surface area (Å²) in [6.45, 7) is 4.17. The van der Waals surface area contributed by atoms with Gasteiger partial charge in [-0.1, -0.05) is 61.5 Å². The quantitative estimate of drug-likeness (QED) is 0.649. The first kappa shape index (κ1) is 20.3. The number of rotatable bonds is 5. The normalized spacial score (nSPS) is 21.1. The van der Waals surface area contributed by atoms with Gasteiger partial charge in [0.05, 0.1) is 11.5 Å². The van der Waals surface area contributed by atoms with Crippen molar-refractivity contribution in [2.75, 3.05) is 0 Å². The number of aliphatic imine (C=N–C) groups is 1. The Labute approximate surface area is 177 Å². The van der Waals surface area contributed by atoms with E-state index >= 15 is 0 Å². The molecule has 2 aromatic rings. The Hall–Kier alpha value is -3.01. The van der Waals surface area contributed by atoms with E-state index in [0.717, 1.165) is 36.1 Å². The van der Waals surface area contributed by atoms with Crippen molar-refractivity contribution in [2.45, 2.75) is 52.1 Å². The molecule has 2 atom stereocenters. The molecule has 0 spiro atoms. The zero-order valence-electron chi connectivity index (χ0n) is 17.6. The lowest BCUT2D eigenvalue weighted by Gasteiger charge is -2.35. The predicted octanol–water partition coefficient (Wildman–Crippen LogP) is 5.17. The summed E-state index contributed by atoms with van der Waals surface area (Å²) in [5, 5.41) is 0. The molecule has 4 nitrogen and oxygen atoms in total. The molecule has 0 saturated heterocycles. The summed E-state index contributed by atoms with van der Waals surface area (Å²) >= 11 is 0. The van der Waals surface area contributed by atoms with Crippen LogP contribution in [-0.4, -0.2) is 17.5 Å². The summed E-state index contributed by atoms with van der Waals surface area (Å²) in [5.74, 6) is -0.916. The van der Waals surface area contributed by atoms with E-state index in [2.05, 4.69) is 19.1 Å². The van der Waals surface area contributed by atoms with Crippen molar-refractivity contribution >= 4 is 17.5 Å². The summed E-state index contributed by atoms with van der Waals surface area (Å²) in [4.78, 5) is 30.8. The molecule has 1 aliphatic carbocycles. The zero-order chi connectivity index (χ0) is 21.1. The number of carbonyl (C=O) groups is 2. The number of ether oxygens (including phenoxy) is 1. The first-order valence-electron chi connectivity index (χ1n) is 10.7. The van der Waals surface area contributed by atoms with Crippen LogP contribution in [0.2, 0.25) is 0 Å². The van der Waals surface area contributed by atoms with E-state index in [0.29, 0.717) is 17.7 Å². The second-order valence-electron chi connectivity index (χ2n) is 8.03. The van der Waals surface area contributed by atoms with E-state index < -0.39 is 0 Å². The minimum Gasteiger partial charge on any atom is -0.457 e. The van der Waals surface area contributed by atoms with Gasteiger partial charge in [-0.2, -0.15) is 0 Å². The maximum absolute atomic E-state index is 13.2. The summed E-state index contributed by atoms with van der Waals surface area (Å²) in [6.07, 6.45) is 3.12. The molecule has 1 unspecified atom stereocenters. The standard InChI is InChI=1S/C26H27NO3/c1-3-18-12-14-20(15-13-18)24-23(26(29)30-16-19-8-5-4-6-9-19)17(2)27-21-10-7-11-22(28)25(21)24/h4-6,8-9,12-15,24-25H,3,7,10-11,16H2,1-2H3/t24-,25?/m1/s1. The average Bonchev–Trinajstić information content (AvgIpc) is 2.77. The van der Waals surface area contributed by atoms with Crippen molar-refractivity contribution < 1.29 is 14.3 Å². The van der Waals surface area contributed by atoms with Crippen molar-refractivity contribution in [3.63, 3.8) is 0 Å². The number of Topliss-reactive ketones (excluding diaryl/α,β-unsaturated/α-hetero) is 1. The predicted molar refractivity (Wildman–Crippen MR) is 117 cm³/mol. The Morgan fingerprint density at radius 2 is 1.73 bits per heavy atom. The molecule has 0 amide bonds. The first-order valence-corrected chi connectivity index (χ1v) is 10.7. The van der Waals surface area contributed by atoms with Gasteiger partial charge in [0.25, 0.3) is 0 Å². The zero-order valence-corrected chi connectivity index (χ0v) is 17.6. The highest BCUT2D eigenvalue weighted by molar-refractivity contribution is 6.11. The highest BCUT2D eigenvalue weighted by Crippen LogP contribution is 2.43. The molecule has 30 heavy (non-hydrogen) atoms. The number of esters is 1. The third kappa shape index (κ3) is 4.00. The summed E-state index contributed by atoms with van der Waals surface area (Å²) in [6, 6.07) is 17.9. The van der Waals surface area contributed by atoms with E-state index in [-0.39, 0.29) is 30.2 Å². The number of nitrogens with zero attached hydrogens (tertiary/aromatic N) is 1. The maximum Gasteiger partial charge on any atom is 0.336 e. The monoisotopic (exact) mass is 401 g/mol. The van der Waals surface area contributed by atoms with E-state index in [9.17, 15) is 9.59 Å². The van der Waals surface area contributed by atoms with Crippen LogP contribution in [0.3, 0.4) is 0 Å². The van der Waals surface area contributed by atoms with Crippen LogP contribution in [0.5, 0.6) is 0 Å². The molecule has 1 saturated carbocycles. The SMILES string of the molecule is CCc1ccc([C@@H]2C(C(=O)OCc3ccccc3)=C(C)N=C3CCCC(=O)C32)cc1. The molecule has 1 fully saturated rings. The molecule has 0 bridgehead atoms. The van der Waals surface area contributed by atoms with Gasteiger partial charge < -0.3 is 4.74 Å². The van der Waals surface area contributed by atoms with Crippen LogP contribution >= 0.6 is 0 Å². The summed E-state index contributed by atoms with van der Waals surface area (Å²) in [5.41, 5.74) is 5.23. The molecule has 4 rings (SSSR count). The molecule has 2 aliphatic rings. The van der Waals surface area contributed by atoms with Gasteiger partial charge in [0, 0.05) is 23.7 Å². The highest BCUT2D eigenvalue weighted by Gasteiger charge is 2.43. The van der Waals surface area contributed by atoms with Gasteiger partial charge in [0.2, 0.25) is 0 Å². The van der Waals surface area contributed by atoms with Crippen LogP contribution in [0.4, 0.5) is 0 Å². The molecule has 0 N–H and O–H groups in total. The van der Waals surface area contributed by atoms with E-state index in [1.807, 2.05) is 49.4 Å². The fourth-order valence-electron chi connectivity index (χ4n) is 4.51. The molecule has 0 radical (unpaired) electrons. The largest absolute Gasteiger partial charge is 0.457 e. The van der Waals surface area contributed by atoms with Crippen molar-refractivity contribution in [3.8, 4) is 0 Å². The van der Waals surface area contributed by atoms with Gasteiger partial charge >= 0.3 is 5.97 Å². The fraction of sp³-hybridized carbons (Fsp3) is 0.346. The molecule has 4 heteroatoms. The lowest BCUT2D eigenvalue weighted by molar-refractivity contribution is -0.140. The van der Waals surface area contributed by atoms with Crippen molar-refractivity contribution in [2.24, 2.45) is 10.9 Å². The summed E-state index contributed by atoms with van der Waals surface area (Å²) in [7, 11) is 0. The lowest BCUT2D eigenvalue weighted by Crippen LogP contribution is -2.39. The van der Waals surface area contributed by atoms with Gasteiger partial charge in [0.15, 0.2) is 0 Å². The molecular formula is C26H27NO3. The molecular weight excluding hydrogens is 374 g/mol. The maximum atomic E-state index is 13.2. The van der Waals surface area contributed by atoms with Gasteiger partial charge in [-0.05, 0) is 42.9 Å². The molecule has 0 aromatic heterocycles. The number of fused-ring (bicyclic) bond motifs is 1. The van der Waals surface area contributed by atoms with Crippen LogP contribution in [0, 0.1) is 5.92 Å². The molecule has 1 aliphatic heterocycles. The van der Waals surface area contributed by atoms with E-state index in [1.54, 1.807) is 0 Å². The fourth-order valence-corrected chi connectivity index (χ4v) is 4.51. The minimum absolute atomic E-state index is 0.172. The van der Waals surface area contributed by atoms with Crippen LogP contribution in [0.15, 0.2) is 70.9 Å². The number of benzene rings is 2. The van der Waals surface area contributed by atoms with Crippen molar-refractivity contribution in [3.05, 3.63) is 82.6 Å².